The quantitative estimate of drug-likeness (QED) is 0.499. The van der Waals surface area contributed by atoms with Crippen LogP contribution in [0.4, 0.5) is 13.2 Å². The third-order valence-electron chi connectivity index (χ3n) is 4.25. The number of sulfone groups is 1. The number of rotatable bonds is 8. The molecular formula is C19H30F3N3O2S. The van der Waals surface area contributed by atoms with Crippen molar-refractivity contribution in [3.05, 3.63) is 35.4 Å². The van der Waals surface area contributed by atoms with E-state index in [0.29, 0.717) is 24.5 Å². The van der Waals surface area contributed by atoms with Crippen molar-refractivity contribution in [1.29, 1.82) is 0 Å². The minimum absolute atomic E-state index is 0.0658. The Balaban J connectivity index is 2.90. The van der Waals surface area contributed by atoms with Gasteiger partial charge < -0.3 is 10.6 Å². The second kappa shape index (κ2) is 9.62. The maximum Gasteiger partial charge on any atom is 0.416 e. The van der Waals surface area contributed by atoms with Crippen LogP contribution >= 0.6 is 0 Å². The van der Waals surface area contributed by atoms with Crippen molar-refractivity contribution < 1.29 is 21.6 Å². The summed E-state index contributed by atoms with van der Waals surface area (Å²) in [5.41, 5.74) is -0.742. The zero-order valence-electron chi connectivity index (χ0n) is 17.0. The lowest BCUT2D eigenvalue weighted by Crippen LogP contribution is -2.43. The molecular weight excluding hydrogens is 391 g/mol. The monoisotopic (exact) mass is 421 g/mol. The van der Waals surface area contributed by atoms with E-state index in [2.05, 4.69) is 15.6 Å². The van der Waals surface area contributed by atoms with E-state index < -0.39 is 27.0 Å². The molecule has 0 saturated heterocycles. The van der Waals surface area contributed by atoms with Gasteiger partial charge in [-0.05, 0) is 31.9 Å². The summed E-state index contributed by atoms with van der Waals surface area (Å²) in [7, 11) is -3.05. The van der Waals surface area contributed by atoms with Crippen molar-refractivity contribution in [1.82, 2.24) is 10.6 Å². The Kier molecular flexibility index (Phi) is 8.34. The van der Waals surface area contributed by atoms with Crippen LogP contribution in [0.5, 0.6) is 0 Å². The molecule has 0 radical (unpaired) electrons. The molecule has 9 heteroatoms. The van der Waals surface area contributed by atoms with Crippen LogP contribution in [0.2, 0.25) is 0 Å². The predicted octanol–water partition coefficient (Wildman–Crippen LogP) is 3.36. The SMILES string of the molecule is CCNC(=NCC(C)(C)c1cccc(C(F)(F)F)c1)NC(C)CCS(C)(=O)=O. The highest BCUT2D eigenvalue weighted by molar-refractivity contribution is 7.90. The van der Waals surface area contributed by atoms with Gasteiger partial charge in [0.25, 0.3) is 0 Å². The van der Waals surface area contributed by atoms with Gasteiger partial charge >= 0.3 is 6.18 Å². The molecule has 1 atom stereocenters. The minimum Gasteiger partial charge on any atom is -0.357 e. The fourth-order valence-corrected chi connectivity index (χ4v) is 3.28. The summed E-state index contributed by atoms with van der Waals surface area (Å²) in [5.74, 6) is 0.569. The Bertz CT molecular complexity index is 775. The summed E-state index contributed by atoms with van der Waals surface area (Å²) in [5, 5.41) is 6.22. The molecule has 0 aromatic heterocycles. The fraction of sp³-hybridized carbons (Fsp3) is 0.632. The van der Waals surface area contributed by atoms with Gasteiger partial charge in [0, 0.05) is 24.3 Å². The number of alkyl halides is 3. The third kappa shape index (κ3) is 8.50. The Morgan fingerprint density at radius 2 is 1.82 bits per heavy atom. The average molecular weight is 422 g/mol. The third-order valence-corrected chi connectivity index (χ3v) is 5.23. The van der Waals surface area contributed by atoms with E-state index in [-0.39, 0.29) is 18.3 Å². The van der Waals surface area contributed by atoms with Crippen LogP contribution in [0, 0.1) is 0 Å². The molecule has 1 rings (SSSR count). The zero-order valence-corrected chi connectivity index (χ0v) is 17.8. The molecule has 28 heavy (non-hydrogen) atoms. The molecule has 0 aliphatic heterocycles. The zero-order chi connectivity index (χ0) is 21.6. The summed E-state index contributed by atoms with van der Waals surface area (Å²) >= 11 is 0. The van der Waals surface area contributed by atoms with Gasteiger partial charge in [-0.1, -0.05) is 32.0 Å². The highest BCUT2D eigenvalue weighted by Crippen LogP contribution is 2.32. The Morgan fingerprint density at radius 3 is 2.36 bits per heavy atom. The Morgan fingerprint density at radius 1 is 1.21 bits per heavy atom. The van der Waals surface area contributed by atoms with E-state index in [1.807, 2.05) is 27.7 Å². The molecule has 0 aliphatic carbocycles. The molecule has 0 fully saturated rings. The first-order valence-electron chi connectivity index (χ1n) is 9.15. The summed E-state index contributed by atoms with van der Waals surface area (Å²) in [4.78, 5) is 4.50. The van der Waals surface area contributed by atoms with Gasteiger partial charge in [-0.2, -0.15) is 13.2 Å². The van der Waals surface area contributed by atoms with Crippen molar-refractivity contribution in [2.45, 2.75) is 51.7 Å². The molecule has 1 aromatic carbocycles. The molecule has 0 bridgehead atoms. The number of nitrogens with zero attached hydrogens (tertiary/aromatic N) is 1. The lowest BCUT2D eigenvalue weighted by molar-refractivity contribution is -0.137. The molecule has 5 nitrogen and oxygen atoms in total. The van der Waals surface area contributed by atoms with Gasteiger partial charge in [-0.3, -0.25) is 4.99 Å². The average Bonchev–Trinajstić information content (AvgIpc) is 2.57. The van der Waals surface area contributed by atoms with Crippen LogP contribution in [0.15, 0.2) is 29.3 Å². The smallest absolute Gasteiger partial charge is 0.357 e. The van der Waals surface area contributed by atoms with Gasteiger partial charge in [0.1, 0.15) is 9.84 Å². The van der Waals surface area contributed by atoms with Crippen LogP contribution < -0.4 is 10.6 Å². The van der Waals surface area contributed by atoms with E-state index in [9.17, 15) is 21.6 Å². The number of guanidine groups is 1. The number of benzene rings is 1. The van der Waals surface area contributed by atoms with Crippen LogP contribution in [-0.4, -0.2) is 45.5 Å². The highest BCUT2D eigenvalue weighted by Gasteiger charge is 2.32. The second-order valence-electron chi connectivity index (χ2n) is 7.62. The lowest BCUT2D eigenvalue weighted by atomic mass is 9.84. The van der Waals surface area contributed by atoms with E-state index in [1.165, 1.54) is 12.3 Å². The Labute approximate surface area is 165 Å². The highest BCUT2D eigenvalue weighted by atomic mass is 32.2. The van der Waals surface area contributed by atoms with Gasteiger partial charge in [0.2, 0.25) is 0 Å². The molecule has 0 heterocycles. The standard InChI is InChI=1S/C19H30F3N3O2S/c1-6-23-17(25-14(2)10-11-28(5,26)27)24-13-18(3,4)15-8-7-9-16(12-15)19(20,21)22/h7-9,12,14H,6,10-11,13H2,1-5H3,(H2,23,24,25). The fourth-order valence-electron chi connectivity index (χ4n) is 2.50. The molecule has 2 N–H and O–H groups in total. The van der Waals surface area contributed by atoms with Crippen LogP contribution in [0.1, 0.15) is 45.2 Å². The second-order valence-corrected chi connectivity index (χ2v) is 9.88. The van der Waals surface area contributed by atoms with Crippen molar-refractivity contribution in [3.63, 3.8) is 0 Å². The molecule has 1 unspecified atom stereocenters. The van der Waals surface area contributed by atoms with Gasteiger partial charge in [0.05, 0.1) is 17.9 Å². The molecule has 160 valence electrons. The van der Waals surface area contributed by atoms with E-state index >= 15 is 0 Å². The first kappa shape index (κ1) is 24.3. The van der Waals surface area contributed by atoms with Crippen molar-refractivity contribution in [2.75, 3.05) is 25.1 Å². The first-order valence-corrected chi connectivity index (χ1v) is 11.2. The summed E-state index contributed by atoms with van der Waals surface area (Å²) in [6.07, 6.45) is -2.77. The van der Waals surface area contributed by atoms with Crippen LogP contribution in [0.3, 0.4) is 0 Å². The number of nitrogens with one attached hydrogen (secondary N) is 2. The molecule has 1 aromatic rings. The van der Waals surface area contributed by atoms with Gasteiger partial charge in [-0.15, -0.1) is 0 Å². The van der Waals surface area contributed by atoms with Crippen LogP contribution in [-0.2, 0) is 21.4 Å². The first-order chi connectivity index (χ1) is 12.7. The van der Waals surface area contributed by atoms with Crippen LogP contribution in [0.25, 0.3) is 0 Å². The summed E-state index contributed by atoms with van der Waals surface area (Å²) < 4.78 is 61.6. The molecule has 0 spiro atoms. The maximum atomic E-state index is 13.0. The van der Waals surface area contributed by atoms with E-state index in [1.54, 1.807) is 6.07 Å². The topological polar surface area (TPSA) is 70.6 Å². The van der Waals surface area contributed by atoms with Crippen molar-refractivity contribution >= 4 is 15.8 Å². The van der Waals surface area contributed by atoms with Gasteiger partial charge in [-0.25, -0.2) is 8.42 Å². The number of hydrogen-bond donors (Lipinski definition) is 2. The summed E-state index contributed by atoms with van der Waals surface area (Å²) in [6.45, 7) is 8.30. The van der Waals surface area contributed by atoms with Gasteiger partial charge in [0.15, 0.2) is 5.96 Å². The molecule has 0 amide bonds. The van der Waals surface area contributed by atoms with Crippen molar-refractivity contribution in [3.8, 4) is 0 Å². The lowest BCUT2D eigenvalue weighted by Gasteiger charge is -2.25. The van der Waals surface area contributed by atoms with E-state index in [4.69, 9.17) is 0 Å². The molecule has 0 saturated carbocycles. The normalized spacial score (nSPS) is 14.6. The number of aliphatic imine (C=N–C) groups is 1. The maximum absolute atomic E-state index is 13.0. The van der Waals surface area contributed by atoms with E-state index in [0.717, 1.165) is 12.1 Å². The number of hydrogen-bond acceptors (Lipinski definition) is 3. The van der Waals surface area contributed by atoms with Crippen molar-refractivity contribution in [2.24, 2.45) is 4.99 Å². The largest absolute Gasteiger partial charge is 0.416 e. The Hall–Kier alpha value is -1.77. The molecule has 0 aliphatic rings. The minimum atomic E-state index is -4.39. The summed E-state index contributed by atoms with van der Waals surface area (Å²) in [6, 6.07) is 5.16. The number of halogens is 3. The predicted molar refractivity (Wildman–Crippen MR) is 107 cm³/mol.